The van der Waals surface area contributed by atoms with Crippen molar-refractivity contribution in [2.75, 3.05) is 6.54 Å². The standard InChI is InChI=1S/C17H20N2O6S/c1-2-3-6-19-14(22)11-12(15(19)23)17(16(24)25,8-10(20)21)18-13(11)9-5-4-7-26-9/h4-5,7,11-13,18H,2-3,6,8H2,1H3,(H,20,21)(H,24,25). The summed E-state index contributed by atoms with van der Waals surface area (Å²) < 4.78 is 0. The predicted molar refractivity (Wildman–Crippen MR) is 91.4 cm³/mol. The maximum Gasteiger partial charge on any atom is 0.325 e. The van der Waals surface area contributed by atoms with Crippen molar-refractivity contribution in [3.05, 3.63) is 22.4 Å². The second kappa shape index (κ2) is 6.81. The largest absolute Gasteiger partial charge is 0.481 e. The van der Waals surface area contributed by atoms with Crippen molar-refractivity contribution in [2.24, 2.45) is 11.8 Å². The molecule has 26 heavy (non-hydrogen) atoms. The van der Waals surface area contributed by atoms with E-state index in [1.165, 1.54) is 11.3 Å². The number of hydrogen-bond acceptors (Lipinski definition) is 6. The third-order valence-electron chi connectivity index (χ3n) is 5.14. The molecule has 0 radical (unpaired) electrons. The first-order chi connectivity index (χ1) is 12.3. The maximum atomic E-state index is 12.9. The van der Waals surface area contributed by atoms with E-state index in [4.69, 9.17) is 0 Å². The van der Waals surface area contributed by atoms with Crippen LogP contribution in [0, 0.1) is 11.8 Å². The van der Waals surface area contributed by atoms with Gasteiger partial charge in [0.05, 0.1) is 24.3 Å². The molecule has 4 unspecified atom stereocenters. The number of hydrogen-bond donors (Lipinski definition) is 3. The Morgan fingerprint density at radius 2 is 2.04 bits per heavy atom. The van der Waals surface area contributed by atoms with Gasteiger partial charge in [0.25, 0.3) is 0 Å². The number of fused-ring (bicyclic) bond motifs is 1. The molecule has 2 fully saturated rings. The van der Waals surface area contributed by atoms with Crippen LogP contribution in [0.15, 0.2) is 17.5 Å². The molecule has 0 bridgehead atoms. The van der Waals surface area contributed by atoms with Crippen LogP contribution in [0.3, 0.4) is 0 Å². The first kappa shape index (κ1) is 18.5. The zero-order valence-electron chi connectivity index (χ0n) is 14.2. The number of imide groups is 1. The van der Waals surface area contributed by atoms with Crippen LogP contribution in [0.25, 0.3) is 0 Å². The van der Waals surface area contributed by atoms with Gasteiger partial charge < -0.3 is 10.2 Å². The molecule has 1 aromatic rings. The number of carbonyl (C=O) groups excluding carboxylic acids is 2. The Hall–Kier alpha value is -2.26. The van der Waals surface area contributed by atoms with Gasteiger partial charge in [-0.3, -0.25) is 29.4 Å². The highest BCUT2D eigenvalue weighted by molar-refractivity contribution is 7.10. The fourth-order valence-corrected chi connectivity index (χ4v) is 4.81. The lowest BCUT2D eigenvalue weighted by atomic mass is 9.78. The Morgan fingerprint density at radius 3 is 2.58 bits per heavy atom. The van der Waals surface area contributed by atoms with Gasteiger partial charge in [0.2, 0.25) is 11.8 Å². The van der Waals surface area contributed by atoms with Crippen LogP contribution < -0.4 is 5.32 Å². The van der Waals surface area contributed by atoms with Gasteiger partial charge in [-0.1, -0.05) is 19.4 Å². The summed E-state index contributed by atoms with van der Waals surface area (Å²) >= 11 is 1.34. The number of aliphatic carboxylic acids is 2. The second-order valence-corrected chi connectivity index (χ2v) is 7.65. The number of nitrogens with zero attached hydrogens (tertiary/aromatic N) is 1. The summed E-state index contributed by atoms with van der Waals surface area (Å²) in [6, 6.07) is 2.83. The lowest BCUT2D eigenvalue weighted by Crippen LogP contribution is -2.56. The molecule has 2 aliphatic rings. The first-order valence-corrected chi connectivity index (χ1v) is 9.33. The Bertz CT molecular complexity index is 748. The summed E-state index contributed by atoms with van der Waals surface area (Å²) in [5.74, 6) is -5.91. The average Bonchev–Trinajstić information content (AvgIpc) is 3.24. The SMILES string of the molecule is CCCCN1C(=O)C2C(c3cccs3)NC(CC(=O)O)(C(=O)O)C2C1=O. The predicted octanol–water partition coefficient (Wildman–Crippen LogP) is 1.09. The number of rotatable bonds is 7. The molecular formula is C17H20N2O6S. The molecule has 3 heterocycles. The Kier molecular flexibility index (Phi) is 4.85. The zero-order valence-corrected chi connectivity index (χ0v) is 15.0. The van der Waals surface area contributed by atoms with Gasteiger partial charge in [-0.2, -0.15) is 0 Å². The van der Waals surface area contributed by atoms with Gasteiger partial charge in [-0.25, -0.2) is 0 Å². The third-order valence-corrected chi connectivity index (χ3v) is 6.10. The van der Waals surface area contributed by atoms with Gasteiger partial charge in [-0.15, -0.1) is 11.3 Å². The summed E-state index contributed by atoms with van der Waals surface area (Å²) in [7, 11) is 0. The Labute approximate surface area is 153 Å². The molecule has 2 saturated heterocycles. The molecule has 4 atom stereocenters. The Balaban J connectivity index is 2.08. The van der Waals surface area contributed by atoms with Crippen molar-refractivity contribution >= 4 is 35.1 Å². The summed E-state index contributed by atoms with van der Waals surface area (Å²) in [6.07, 6.45) is 0.622. The molecule has 3 N–H and O–H groups in total. The Morgan fingerprint density at radius 1 is 1.31 bits per heavy atom. The molecular weight excluding hydrogens is 360 g/mol. The van der Waals surface area contributed by atoms with Crippen LogP contribution in [-0.4, -0.2) is 50.9 Å². The van der Waals surface area contributed by atoms with Gasteiger partial charge in [0.15, 0.2) is 0 Å². The van der Waals surface area contributed by atoms with E-state index in [0.717, 1.165) is 11.3 Å². The number of amides is 2. The minimum atomic E-state index is -2.00. The van der Waals surface area contributed by atoms with Crippen LogP contribution in [0.4, 0.5) is 0 Å². The van der Waals surface area contributed by atoms with Crippen molar-refractivity contribution in [3.8, 4) is 0 Å². The molecule has 3 rings (SSSR count). The van der Waals surface area contributed by atoms with Crippen molar-refractivity contribution in [2.45, 2.75) is 37.8 Å². The molecule has 0 saturated carbocycles. The molecule has 2 aliphatic heterocycles. The smallest absolute Gasteiger partial charge is 0.325 e. The van der Waals surface area contributed by atoms with E-state index >= 15 is 0 Å². The fraction of sp³-hybridized carbons (Fsp3) is 0.529. The summed E-state index contributed by atoms with van der Waals surface area (Å²) in [5.41, 5.74) is -2.00. The molecule has 140 valence electrons. The molecule has 0 aliphatic carbocycles. The molecule has 1 aromatic heterocycles. The second-order valence-electron chi connectivity index (χ2n) is 6.67. The van der Waals surface area contributed by atoms with Gasteiger partial charge >= 0.3 is 11.9 Å². The average molecular weight is 380 g/mol. The van der Waals surface area contributed by atoms with E-state index < -0.39 is 53.6 Å². The number of thiophene rings is 1. The van der Waals surface area contributed by atoms with Crippen molar-refractivity contribution in [1.82, 2.24) is 10.2 Å². The summed E-state index contributed by atoms with van der Waals surface area (Å²) in [6.45, 7) is 2.15. The van der Waals surface area contributed by atoms with Crippen LogP contribution in [0.5, 0.6) is 0 Å². The van der Waals surface area contributed by atoms with Crippen molar-refractivity contribution in [3.63, 3.8) is 0 Å². The number of carboxylic acids is 2. The lowest BCUT2D eigenvalue weighted by molar-refractivity contribution is -0.156. The molecule has 0 aromatic carbocycles. The van der Waals surface area contributed by atoms with Crippen LogP contribution >= 0.6 is 11.3 Å². The van der Waals surface area contributed by atoms with Crippen LogP contribution in [0.1, 0.15) is 37.1 Å². The number of unbranched alkanes of at least 4 members (excludes halogenated alkanes) is 1. The highest BCUT2D eigenvalue weighted by atomic mass is 32.1. The normalized spacial score (nSPS) is 30.7. The highest BCUT2D eigenvalue weighted by Crippen LogP contribution is 2.50. The topological polar surface area (TPSA) is 124 Å². The number of nitrogens with one attached hydrogen (secondary N) is 1. The molecule has 8 nitrogen and oxygen atoms in total. The molecule has 9 heteroatoms. The highest BCUT2D eigenvalue weighted by Gasteiger charge is 2.69. The quantitative estimate of drug-likeness (QED) is 0.605. The van der Waals surface area contributed by atoms with Crippen LogP contribution in [0.2, 0.25) is 0 Å². The molecule has 0 spiro atoms. The van der Waals surface area contributed by atoms with E-state index in [9.17, 15) is 29.4 Å². The maximum absolute atomic E-state index is 12.9. The van der Waals surface area contributed by atoms with Gasteiger partial charge in [0, 0.05) is 11.4 Å². The number of carbonyl (C=O) groups is 4. The van der Waals surface area contributed by atoms with Gasteiger partial charge in [-0.05, 0) is 17.9 Å². The third kappa shape index (κ3) is 2.71. The van der Waals surface area contributed by atoms with E-state index in [1.807, 2.05) is 6.92 Å². The minimum Gasteiger partial charge on any atom is -0.481 e. The van der Waals surface area contributed by atoms with Crippen LogP contribution in [-0.2, 0) is 19.2 Å². The molecule has 2 amide bonds. The van der Waals surface area contributed by atoms with Crippen molar-refractivity contribution < 1.29 is 29.4 Å². The lowest BCUT2D eigenvalue weighted by Gasteiger charge is -2.29. The first-order valence-electron chi connectivity index (χ1n) is 8.45. The van der Waals surface area contributed by atoms with Gasteiger partial charge in [0.1, 0.15) is 5.54 Å². The van der Waals surface area contributed by atoms with E-state index in [-0.39, 0.29) is 6.54 Å². The van der Waals surface area contributed by atoms with Crippen molar-refractivity contribution in [1.29, 1.82) is 0 Å². The summed E-state index contributed by atoms with van der Waals surface area (Å²) in [5, 5.41) is 23.7. The van der Waals surface area contributed by atoms with E-state index in [1.54, 1.807) is 17.5 Å². The number of likely N-dealkylation sites (tertiary alicyclic amines) is 1. The monoisotopic (exact) mass is 380 g/mol. The zero-order chi connectivity index (χ0) is 19.1. The minimum absolute atomic E-state index is 0.223. The van der Waals surface area contributed by atoms with E-state index in [0.29, 0.717) is 11.3 Å². The summed E-state index contributed by atoms with van der Waals surface area (Å²) in [4.78, 5) is 51.2. The fourth-order valence-electron chi connectivity index (χ4n) is 3.98. The van der Waals surface area contributed by atoms with E-state index in [2.05, 4.69) is 5.32 Å². The number of carboxylic acid groups (broad SMARTS) is 2.